The molecule has 2 aromatic rings. The minimum Gasteiger partial charge on any atom is -0.495 e. The van der Waals surface area contributed by atoms with E-state index in [-0.39, 0.29) is 6.04 Å². The average Bonchev–Trinajstić information content (AvgIpc) is 2.48. The van der Waals surface area contributed by atoms with Crippen molar-refractivity contribution in [3.63, 3.8) is 0 Å². The lowest BCUT2D eigenvalue weighted by Gasteiger charge is -2.19. The van der Waals surface area contributed by atoms with Crippen molar-refractivity contribution in [2.24, 2.45) is 0 Å². The normalized spacial score (nSPS) is 11.5. The van der Waals surface area contributed by atoms with Crippen LogP contribution in [0.2, 0.25) is 0 Å². The van der Waals surface area contributed by atoms with Crippen LogP contribution >= 0.6 is 15.9 Å². The van der Waals surface area contributed by atoms with Crippen LogP contribution < -0.4 is 10.1 Å². The molecular formula is C16H15BrN2O. The molecule has 1 atom stereocenters. The van der Waals surface area contributed by atoms with E-state index in [2.05, 4.69) is 34.2 Å². The number of rotatable bonds is 4. The molecule has 0 aromatic heterocycles. The number of methoxy groups -OCH3 is 1. The number of nitrogens with one attached hydrogen (secondary N) is 1. The molecule has 0 saturated carbocycles. The largest absolute Gasteiger partial charge is 0.495 e. The van der Waals surface area contributed by atoms with E-state index in [1.54, 1.807) is 13.2 Å². The summed E-state index contributed by atoms with van der Waals surface area (Å²) in [5, 5.41) is 12.6. The molecule has 4 heteroatoms. The maximum Gasteiger partial charge on any atom is 0.143 e. The Morgan fingerprint density at radius 1 is 1.20 bits per heavy atom. The van der Waals surface area contributed by atoms with Gasteiger partial charge in [0.1, 0.15) is 11.8 Å². The molecule has 0 aliphatic carbocycles. The first-order valence-corrected chi connectivity index (χ1v) is 7.04. The molecule has 20 heavy (non-hydrogen) atoms. The molecule has 0 saturated heterocycles. The summed E-state index contributed by atoms with van der Waals surface area (Å²) >= 11 is 3.42. The Balaban J connectivity index is 2.30. The zero-order valence-corrected chi connectivity index (χ0v) is 12.9. The van der Waals surface area contributed by atoms with E-state index >= 15 is 0 Å². The van der Waals surface area contributed by atoms with Crippen molar-refractivity contribution >= 4 is 21.6 Å². The van der Waals surface area contributed by atoms with Crippen molar-refractivity contribution in [1.82, 2.24) is 0 Å². The second-order valence-electron chi connectivity index (χ2n) is 4.41. The molecule has 1 N–H and O–H groups in total. The van der Waals surface area contributed by atoms with E-state index in [1.807, 2.05) is 36.4 Å². The lowest BCUT2D eigenvalue weighted by Crippen LogP contribution is -2.09. The molecule has 0 radical (unpaired) electrons. The zero-order chi connectivity index (χ0) is 14.5. The number of halogens is 1. The number of nitrogens with zero attached hydrogens (tertiary/aromatic N) is 1. The molecule has 2 aromatic carbocycles. The van der Waals surface area contributed by atoms with Crippen LogP contribution in [0, 0.1) is 11.3 Å². The Kier molecular flexibility index (Phi) is 4.65. The number of hydrogen-bond donors (Lipinski definition) is 1. The molecule has 0 fully saturated rings. The molecule has 0 amide bonds. The van der Waals surface area contributed by atoms with Crippen LogP contribution in [0.1, 0.15) is 24.1 Å². The van der Waals surface area contributed by atoms with Gasteiger partial charge < -0.3 is 10.1 Å². The van der Waals surface area contributed by atoms with Crippen LogP contribution in [-0.2, 0) is 0 Å². The van der Waals surface area contributed by atoms with E-state index in [4.69, 9.17) is 4.74 Å². The average molecular weight is 331 g/mol. The number of para-hydroxylation sites is 1. The van der Waals surface area contributed by atoms with Crippen molar-refractivity contribution in [2.45, 2.75) is 13.0 Å². The van der Waals surface area contributed by atoms with E-state index in [1.165, 1.54) is 0 Å². The molecular weight excluding hydrogens is 316 g/mol. The fourth-order valence-electron chi connectivity index (χ4n) is 1.99. The second-order valence-corrected chi connectivity index (χ2v) is 5.33. The lowest BCUT2D eigenvalue weighted by molar-refractivity contribution is 0.416. The van der Waals surface area contributed by atoms with Gasteiger partial charge in [0.15, 0.2) is 0 Å². The first-order chi connectivity index (χ1) is 9.65. The van der Waals surface area contributed by atoms with Crippen LogP contribution in [0.25, 0.3) is 0 Å². The van der Waals surface area contributed by atoms with Crippen LogP contribution in [0.4, 0.5) is 5.69 Å². The third-order valence-corrected chi connectivity index (χ3v) is 3.63. The highest BCUT2D eigenvalue weighted by molar-refractivity contribution is 9.10. The van der Waals surface area contributed by atoms with Gasteiger partial charge in [0, 0.05) is 10.5 Å². The quantitative estimate of drug-likeness (QED) is 0.897. The highest BCUT2D eigenvalue weighted by Gasteiger charge is 2.12. The number of anilines is 1. The topological polar surface area (TPSA) is 45.0 Å². The number of hydrogen-bond acceptors (Lipinski definition) is 3. The highest BCUT2D eigenvalue weighted by atomic mass is 79.9. The van der Waals surface area contributed by atoms with Crippen LogP contribution in [0.3, 0.4) is 0 Å². The first-order valence-electron chi connectivity index (χ1n) is 6.25. The second kappa shape index (κ2) is 6.44. The molecule has 0 heterocycles. The predicted molar refractivity (Wildman–Crippen MR) is 83.9 cm³/mol. The van der Waals surface area contributed by atoms with Gasteiger partial charge in [-0.25, -0.2) is 0 Å². The summed E-state index contributed by atoms with van der Waals surface area (Å²) in [7, 11) is 1.60. The number of benzene rings is 2. The number of ether oxygens (including phenoxy) is 1. The van der Waals surface area contributed by atoms with Crippen LogP contribution in [-0.4, -0.2) is 7.11 Å². The van der Waals surface area contributed by atoms with Crippen molar-refractivity contribution in [1.29, 1.82) is 5.26 Å². The summed E-state index contributed by atoms with van der Waals surface area (Å²) in [5.41, 5.74) is 2.45. The molecule has 0 aliphatic heterocycles. The third kappa shape index (κ3) is 3.12. The van der Waals surface area contributed by atoms with Crippen molar-refractivity contribution in [2.75, 3.05) is 12.4 Å². The SMILES string of the molecule is COc1cccc(C#N)c1NC(C)c1ccc(Br)cc1. The first kappa shape index (κ1) is 14.4. The number of nitriles is 1. The van der Waals surface area contributed by atoms with Crippen molar-refractivity contribution in [3.05, 3.63) is 58.1 Å². The maximum atomic E-state index is 9.21. The summed E-state index contributed by atoms with van der Waals surface area (Å²) in [4.78, 5) is 0. The van der Waals surface area contributed by atoms with Gasteiger partial charge in [-0.1, -0.05) is 34.1 Å². The van der Waals surface area contributed by atoms with Crippen molar-refractivity contribution in [3.8, 4) is 11.8 Å². The van der Waals surface area contributed by atoms with Crippen LogP contribution in [0.5, 0.6) is 5.75 Å². The summed E-state index contributed by atoms with van der Waals surface area (Å²) in [6.07, 6.45) is 0. The van der Waals surface area contributed by atoms with Gasteiger partial charge in [-0.05, 0) is 36.8 Å². The molecule has 0 spiro atoms. The van der Waals surface area contributed by atoms with Gasteiger partial charge >= 0.3 is 0 Å². The summed E-state index contributed by atoms with van der Waals surface area (Å²) in [5.74, 6) is 0.674. The summed E-state index contributed by atoms with van der Waals surface area (Å²) in [6, 6.07) is 15.8. The molecule has 0 aliphatic rings. The summed E-state index contributed by atoms with van der Waals surface area (Å²) < 4.78 is 6.37. The monoisotopic (exact) mass is 330 g/mol. The third-order valence-electron chi connectivity index (χ3n) is 3.10. The lowest BCUT2D eigenvalue weighted by atomic mass is 10.1. The standard InChI is InChI=1S/C16H15BrN2O/c1-11(12-6-8-14(17)9-7-12)19-16-13(10-18)4-3-5-15(16)20-2/h3-9,11,19H,1-2H3. The highest BCUT2D eigenvalue weighted by Crippen LogP contribution is 2.31. The predicted octanol–water partition coefficient (Wildman–Crippen LogP) is 4.50. The zero-order valence-electron chi connectivity index (χ0n) is 11.4. The Morgan fingerprint density at radius 2 is 1.90 bits per heavy atom. The minimum absolute atomic E-state index is 0.0755. The Morgan fingerprint density at radius 3 is 2.50 bits per heavy atom. The Bertz CT molecular complexity index is 632. The fraction of sp³-hybridized carbons (Fsp3) is 0.188. The minimum atomic E-state index is 0.0755. The fourth-order valence-corrected chi connectivity index (χ4v) is 2.26. The van der Waals surface area contributed by atoms with Gasteiger partial charge in [0.2, 0.25) is 0 Å². The Hall–Kier alpha value is -1.99. The molecule has 3 nitrogen and oxygen atoms in total. The van der Waals surface area contributed by atoms with E-state index < -0.39 is 0 Å². The van der Waals surface area contributed by atoms with E-state index in [0.717, 1.165) is 15.7 Å². The van der Waals surface area contributed by atoms with Gasteiger partial charge in [0.05, 0.1) is 18.4 Å². The van der Waals surface area contributed by atoms with Gasteiger partial charge in [-0.2, -0.15) is 5.26 Å². The van der Waals surface area contributed by atoms with Gasteiger partial charge in [0.25, 0.3) is 0 Å². The molecule has 102 valence electrons. The van der Waals surface area contributed by atoms with Gasteiger partial charge in [-0.3, -0.25) is 0 Å². The van der Waals surface area contributed by atoms with Crippen LogP contribution in [0.15, 0.2) is 46.9 Å². The smallest absolute Gasteiger partial charge is 0.143 e. The molecule has 2 rings (SSSR count). The molecule has 0 bridgehead atoms. The Labute approximate surface area is 127 Å². The summed E-state index contributed by atoms with van der Waals surface area (Å²) in [6.45, 7) is 2.05. The van der Waals surface area contributed by atoms with Crippen molar-refractivity contribution < 1.29 is 4.74 Å². The van der Waals surface area contributed by atoms with E-state index in [9.17, 15) is 5.26 Å². The van der Waals surface area contributed by atoms with Gasteiger partial charge in [-0.15, -0.1) is 0 Å². The van der Waals surface area contributed by atoms with E-state index in [0.29, 0.717) is 11.3 Å². The molecule has 1 unspecified atom stereocenters. The maximum absolute atomic E-state index is 9.21.